The summed E-state index contributed by atoms with van der Waals surface area (Å²) in [6.07, 6.45) is 2.12. The molecule has 2 rings (SSSR count). The van der Waals surface area contributed by atoms with Gasteiger partial charge in [-0.3, -0.25) is 4.79 Å². The van der Waals surface area contributed by atoms with Crippen molar-refractivity contribution in [3.8, 4) is 0 Å². The minimum Gasteiger partial charge on any atom is -0.389 e. The van der Waals surface area contributed by atoms with Gasteiger partial charge in [-0.2, -0.15) is 0 Å². The van der Waals surface area contributed by atoms with Gasteiger partial charge in [0.2, 0.25) is 0 Å². The third-order valence-electron chi connectivity index (χ3n) is 3.63. The van der Waals surface area contributed by atoms with Crippen LogP contribution < -0.4 is 0 Å². The highest BCUT2D eigenvalue weighted by Gasteiger charge is 2.14. The predicted octanol–water partition coefficient (Wildman–Crippen LogP) is 2.74. The number of hydrogen-bond donors (Lipinski definition) is 1. The lowest BCUT2D eigenvalue weighted by Gasteiger charge is -2.06. The maximum absolute atomic E-state index is 12.3. The van der Waals surface area contributed by atoms with Crippen LogP contribution in [0.2, 0.25) is 0 Å². The lowest BCUT2D eigenvalue weighted by molar-refractivity contribution is -0.121. The van der Waals surface area contributed by atoms with Crippen LogP contribution in [-0.2, 0) is 14.6 Å². The Hall–Kier alpha value is -1.72. The van der Waals surface area contributed by atoms with E-state index in [0.717, 1.165) is 10.8 Å². The summed E-state index contributed by atoms with van der Waals surface area (Å²) in [6, 6.07) is 12.8. The fraction of sp³-hybridized carbons (Fsp3) is 0.353. The van der Waals surface area contributed by atoms with E-state index >= 15 is 0 Å². The molecule has 4 nitrogen and oxygen atoms in total. The van der Waals surface area contributed by atoms with Crippen molar-refractivity contribution >= 4 is 26.4 Å². The summed E-state index contributed by atoms with van der Waals surface area (Å²) in [4.78, 5) is 11.3. The number of benzene rings is 2. The minimum absolute atomic E-state index is 0.0820. The molecule has 2 aromatic rings. The van der Waals surface area contributed by atoms with Crippen molar-refractivity contribution in [3.63, 3.8) is 0 Å². The monoisotopic (exact) mass is 320 g/mol. The lowest BCUT2D eigenvalue weighted by atomic mass is 10.1. The molecular weight excluding hydrogens is 300 g/mol. The highest BCUT2D eigenvalue weighted by molar-refractivity contribution is 7.91. The fourth-order valence-corrected chi connectivity index (χ4v) is 3.75. The smallest absolute Gasteiger partial charge is 0.178 e. The summed E-state index contributed by atoms with van der Waals surface area (Å²) in [5, 5.41) is 10.5. The van der Waals surface area contributed by atoms with Crippen molar-refractivity contribution < 1.29 is 18.3 Å². The second-order valence-corrected chi connectivity index (χ2v) is 7.44. The largest absolute Gasteiger partial charge is 0.389 e. The average molecular weight is 320 g/mol. The molecule has 0 aliphatic rings. The number of Topliss-reactive ketones (excluding diaryl/α,β-unsaturated/α-hetero) is 1. The summed E-state index contributed by atoms with van der Waals surface area (Å²) in [7, 11) is -3.29. The van der Waals surface area contributed by atoms with Gasteiger partial charge in [0.15, 0.2) is 15.6 Å². The summed E-state index contributed by atoms with van der Waals surface area (Å²) in [6.45, 7) is -0.435. The van der Waals surface area contributed by atoms with Gasteiger partial charge in [-0.1, -0.05) is 36.8 Å². The molecule has 0 bridgehead atoms. The van der Waals surface area contributed by atoms with Gasteiger partial charge in [-0.25, -0.2) is 8.42 Å². The predicted molar refractivity (Wildman–Crippen MR) is 86.6 cm³/mol. The Kier molecular flexibility index (Phi) is 5.69. The highest BCUT2D eigenvalue weighted by atomic mass is 32.2. The topological polar surface area (TPSA) is 71.4 Å². The molecule has 0 amide bonds. The van der Waals surface area contributed by atoms with Crippen LogP contribution in [0.15, 0.2) is 47.4 Å². The number of hydrogen-bond acceptors (Lipinski definition) is 4. The van der Waals surface area contributed by atoms with Gasteiger partial charge < -0.3 is 5.11 Å². The van der Waals surface area contributed by atoms with Crippen molar-refractivity contribution in [1.82, 2.24) is 0 Å². The third-order valence-corrected chi connectivity index (χ3v) is 5.42. The molecule has 118 valence electrons. The second kappa shape index (κ2) is 7.51. The van der Waals surface area contributed by atoms with Crippen LogP contribution in [0.25, 0.3) is 10.8 Å². The van der Waals surface area contributed by atoms with Crippen molar-refractivity contribution in [1.29, 1.82) is 0 Å². The molecule has 1 N–H and O–H groups in total. The third kappa shape index (κ3) is 4.39. The summed E-state index contributed by atoms with van der Waals surface area (Å²) < 4.78 is 24.6. The molecule has 0 unspecified atom stereocenters. The Morgan fingerprint density at radius 1 is 0.955 bits per heavy atom. The second-order valence-electron chi connectivity index (χ2n) is 5.34. The molecule has 0 atom stereocenters. The Bertz CT molecular complexity index is 750. The van der Waals surface area contributed by atoms with Crippen LogP contribution in [0.5, 0.6) is 0 Å². The van der Waals surface area contributed by atoms with Gasteiger partial charge in [0.25, 0.3) is 0 Å². The van der Waals surface area contributed by atoms with Crippen molar-refractivity contribution in [2.45, 2.75) is 30.6 Å². The van der Waals surface area contributed by atoms with Crippen LogP contribution in [-0.4, -0.2) is 31.7 Å². The van der Waals surface area contributed by atoms with Gasteiger partial charge >= 0.3 is 0 Å². The molecule has 22 heavy (non-hydrogen) atoms. The summed E-state index contributed by atoms with van der Waals surface area (Å²) in [5.74, 6) is -0.115. The van der Waals surface area contributed by atoms with E-state index in [0.29, 0.717) is 30.6 Å². The van der Waals surface area contributed by atoms with Crippen LogP contribution in [0.4, 0.5) is 0 Å². The normalized spacial score (nSPS) is 11.7. The van der Waals surface area contributed by atoms with Gasteiger partial charge in [-0.05, 0) is 35.7 Å². The molecule has 0 aliphatic carbocycles. The first kappa shape index (κ1) is 16.6. The van der Waals surface area contributed by atoms with E-state index in [1.54, 1.807) is 12.1 Å². The molecule has 0 fully saturated rings. The first-order valence-corrected chi connectivity index (χ1v) is 9.02. The summed E-state index contributed by atoms with van der Waals surface area (Å²) >= 11 is 0. The minimum atomic E-state index is -3.29. The Morgan fingerprint density at radius 2 is 1.68 bits per heavy atom. The van der Waals surface area contributed by atoms with E-state index in [9.17, 15) is 13.2 Å². The van der Waals surface area contributed by atoms with Gasteiger partial charge in [0, 0.05) is 6.42 Å². The number of rotatable bonds is 8. The molecule has 0 heterocycles. The molecule has 0 radical (unpaired) electrons. The van der Waals surface area contributed by atoms with Crippen molar-refractivity contribution in [2.24, 2.45) is 0 Å². The molecule has 0 saturated carbocycles. The van der Waals surface area contributed by atoms with E-state index in [1.807, 2.05) is 30.3 Å². The van der Waals surface area contributed by atoms with Crippen LogP contribution in [0.1, 0.15) is 25.7 Å². The maximum atomic E-state index is 12.3. The Balaban J connectivity index is 1.95. The number of aliphatic hydroxyl groups is 1. The molecule has 0 spiro atoms. The average Bonchev–Trinajstić information content (AvgIpc) is 2.53. The highest BCUT2D eigenvalue weighted by Crippen LogP contribution is 2.20. The molecular formula is C17H20O4S. The zero-order valence-electron chi connectivity index (χ0n) is 12.4. The number of carbonyl (C=O) groups is 1. The molecule has 5 heteroatoms. The number of aliphatic hydroxyl groups excluding tert-OH is 1. The quantitative estimate of drug-likeness (QED) is 0.759. The van der Waals surface area contributed by atoms with Crippen LogP contribution in [0, 0.1) is 0 Å². The first-order valence-electron chi connectivity index (χ1n) is 7.37. The van der Waals surface area contributed by atoms with E-state index in [-0.39, 0.29) is 11.5 Å². The Labute approximate surface area is 130 Å². The lowest BCUT2D eigenvalue weighted by Crippen LogP contribution is -2.07. The first-order chi connectivity index (χ1) is 10.5. The van der Waals surface area contributed by atoms with E-state index in [2.05, 4.69) is 0 Å². The fourth-order valence-electron chi connectivity index (χ4n) is 2.35. The zero-order chi connectivity index (χ0) is 16.0. The van der Waals surface area contributed by atoms with Gasteiger partial charge in [-0.15, -0.1) is 0 Å². The zero-order valence-corrected chi connectivity index (χ0v) is 13.2. The van der Waals surface area contributed by atoms with E-state index in [1.165, 1.54) is 0 Å². The maximum Gasteiger partial charge on any atom is 0.178 e. The number of sulfone groups is 1. The van der Waals surface area contributed by atoms with Gasteiger partial charge in [0.1, 0.15) is 6.61 Å². The van der Waals surface area contributed by atoms with E-state index < -0.39 is 16.4 Å². The number of carbonyl (C=O) groups excluding carboxylic acids is 1. The number of unbranched alkanes of at least 4 members (excludes halogenated alkanes) is 2. The number of fused-ring (bicyclic) bond motifs is 1. The van der Waals surface area contributed by atoms with Crippen molar-refractivity contribution in [2.75, 3.05) is 12.4 Å². The molecule has 0 aliphatic heterocycles. The van der Waals surface area contributed by atoms with Crippen LogP contribution >= 0.6 is 0 Å². The van der Waals surface area contributed by atoms with E-state index in [4.69, 9.17) is 5.11 Å². The Morgan fingerprint density at radius 3 is 2.41 bits per heavy atom. The molecule has 0 aromatic heterocycles. The molecule has 0 saturated heterocycles. The SMILES string of the molecule is O=C(CO)CCCCCS(=O)(=O)c1ccc2ccccc2c1. The standard InChI is InChI=1S/C17H20O4S/c18-13-16(19)8-2-1-5-11-22(20,21)17-10-9-14-6-3-4-7-15(14)12-17/h3-4,6-7,9-10,12,18H,1-2,5,8,11,13H2. The number of ketones is 1. The molecule has 2 aromatic carbocycles. The van der Waals surface area contributed by atoms with Crippen molar-refractivity contribution in [3.05, 3.63) is 42.5 Å². The summed E-state index contributed by atoms with van der Waals surface area (Å²) in [5.41, 5.74) is 0. The van der Waals surface area contributed by atoms with Gasteiger partial charge in [0.05, 0.1) is 10.6 Å². The van der Waals surface area contributed by atoms with Crippen LogP contribution in [0.3, 0.4) is 0 Å².